The smallest absolute Gasteiger partial charge is 0.416 e. The number of nitrogens with zero attached hydrogens (tertiary/aromatic N) is 2. The summed E-state index contributed by atoms with van der Waals surface area (Å²) in [5.74, 6) is 0.0876. The Morgan fingerprint density at radius 2 is 1.74 bits per heavy atom. The second-order valence-corrected chi connectivity index (χ2v) is 7.59. The minimum Gasteiger partial charge on any atom is -0.457 e. The molecule has 0 radical (unpaired) electrons. The van der Waals surface area contributed by atoms with E-state index in [2.05, 4.69) is 20.6 Å². The van der Waals surface area contributed by atoms with E-state index >= 15 is 0 Å². The fourth-order valence-electron chi connectivity index (χ4n) is 3.38. The van der Waals surface area contributed by atoms with Crippen molar-refractivity contribution in [1.82, 2.24) is 20.6 Å². The van der Waals surface area contributed by atoms with E-state index < -0.39 is 17.6 Å². The van der Waals surface area contributed by atoms with Gasteiger partial charge in [0.25, 0.3) is 5.91 Å². The topological polar surface area (TPSA) is 119 Å². The Hall–Kier alpha value is -3.99. The van der Waals surface area contributed by atoms with Crippen LogP contribution in [0.25, 0.3) is 11.4 Å². The fourth-order valence-corrected chi connectivity index (χ4v) is 3.38. The first-order valence-electron chi connectivity index (χ1n) is 10.3. The Morgan fingerprint density at radius 3 is 2.29 bits per heavy atom. The van der Waals surface area contributed by atoms with Crippen LogP contribution in [0.5, 0.6) is 11.5 Å². The molecule has 1 atom stereocenters. The largest absolute Gasteiger partial charge is 0.457 e. The van der Waals surface area contributed by atoms with Gasteiger partial charge in [-0.2, -0.15) is 13.2 Å². The molecule has 0 saturated carbocycles. The summed E-state index contributed by atoms with van der Waals surface area (Å²) in [6.45, 7) is 0.835. The fraction of sp³-hybridized carbons (Fsp3) is 0.217. The van der Waals surface area contributed by atoms with Crippen molar-refractivity contribution in [3.8, 4) is 22.9 Å². The van der Waals surface area contributed by atoms with E-state index in [-0.39, 0.29) is 35.8 Å². The number of hydrogen-bond donors (Lipinski definition) is 3. The summed E-state index contributed by atoms with van der Waals surface area (Å²) in [7, 11) is 0. The highest BCUT2D eigenvalue weighted by Crippen LogP contribution is 2.31. The molecule has 8 nitrogen and oxygen atoms in total. The quantitative estimate of drug-likeness (QED) is 0.487. The highest BCUT2D eigenvalue weighted by Gasteiger charge is 2.30. The molecule has 34 heavy (non-hydrogen) atoms. The highest BCUT2D eigenvalue weighted by atomic mass is 19.4. The van der Waals surface area contributed by atoms with E-state index in [0.29, 0.717) is 30.0 Å². The normalized spacial score (nSPS) is 15.7. The first kappa shape index (κ1) is 23.2. The summed E-state index contributed by atoms with van der Waals surface area (Å²) in [6.07, 6.45) is -3.77. The van der Waals surface area contributed by atoms with E-state index in [1.807, 2.05) is 0 Å². The number of amides is 2. The summed E-state index contributed by atoms with van der Waals surface area (Å²) < 4.78 is 43.7. The highest BCUT2D eigenvalue weighted by molar-refractivity contribution is 5.91. The predicted molar refractivity (Wildman–Crippen MR) is 116 cm³/mol. The number of primary amides is 1. The number of benzene rings is 2. The zero-order chi connectivity index (χ0) is 24.3. The van der Waals surface area contributed by atoms with E-state index in [1.165, 1.54) is 18.2 Å². The number of carbonyl (C=O) groups excluding carboxylic acids is 2. The summed E-state index contributed by atoms with van der Waals surface area (Å²) in [4.78, 5) is 32.2. The third-order valence-corrected chi connectivity index (χ3v) is 5.14. The maximum absolute atomic E-state index is 12.7. The number of hydrogen-bond acceptors (Lipinski definition) is 6. The van der Waals surface area contributed by atoms with Crippen molar-refractivity contribution in [1.29, 1.82) is 0 Å². The van der Waals surface area contributed by atoms with E-state index in [9.17, 15) is 22.8 Å². The molecule has 11 heteroatoms. The summed E-state index contributed by atoms with van der Waals surface area (Å²) >= 11 is 0. The number of carbonyl (C=O) groups is 2. The van der Waals surface area contributed by atoms with Crippen LogP contribution in [0.15, 0.2) is 54.6 Å². The lowest BCUT2D eigenvalue weighted by Crippen LogP contribution is -2.36. The van der Waals surface area contributed by atoms with Gasteiger partial charge in [-0.1, -0.05) is 0 Å². The lowest BCUT2D eigenvalue weighted by Gasteiger charge is -2.12. The van der Waals surface area contributed by atoms with E-state index in [4.69, 9.17) is 10.5 Å². The van der Waals surface area contributed by atoms with Crippen LogP contribution in [-0.4, -0.2) is 34.4 Å². The van der Waals surface area contributed by atoms with Crippen molar-refractivity contribution in [2.24, 2.45) is 5.73 Å². The second kappa shape index (κ2) is 9.48. The van der Waals surface area contributed by atoms with Crippen LogP contribution in [0.3, 0.4) is 0 Å². The van der Waals surface area contributed by atoms with Crippen molar-refractivity contribution in [3.63, 3.8) is 0 Å². The Labute approximate surface area is 192 Å². The molecule has 4 rings (SSSR count). The Kier molecular flexibility index (Phi) is 6.46. The zero-order valence-corrected chi connectivity index (χ0v) is 17.7. The van der Waals surface area contributed by atoms with Crippen LogP contribution < -0.4 is 21.1 Å². The van der Waals surface area contributed by atoms with Gasteiger partial charge < -0.3 is 21.1 Å². The van der Waals surface area contributed by atoms with Crippen molar-refractivity contribution in [2.75, 3.05) is 6.54 Å². The van der Waals surface area contributed by atoms with Gasteiger partial charge in [0.1, 0.15) is 17.2 Å². The molecule has 1 aliphatic rings. The average molecular weight is 471 g/mol. The molecular weight excluding hydrogens is 451 g/mol. The molecule has 1 saturated heterocycles. The summed E-state index contributed by atoms with van der Waals surface area (Å²) in [5, 5.41) is 5.83. The lowest BCUT2D eigenvalue weighted by atomic mass is 10.1. The minimum atomic E-state index is -4.42. The number of rotatable bonds is 7. The van der Waals surface area contributed by atoms with Crippen molar-refractivity contribution in [2.45, 2.75) is 25.2 Å². The summed E-state index contributed by atoms with van der Waals surface area (Å²) in [5.41, 5.74) is 5.74. The molecule has 0 bridgehead atoms. The number of alkyl halides is 3. The van der Waals surface area contributed by atoms with Crippen LogP contribution in [0.4, 0.5) is 13.2 Å². The van der Waals surface area contributed by atoms with Gasteiger partial charge in [-0.3, -0.25) is 9.59 Å². The van der Waals surface area contributed by atoms with Crippen LogP contribution in [0, 0.1) is 0 Å². The van der Waals surface area contributed by atoms with E-state index in [1.54, 1.807) is 24.3 Å². The molecule has 0 unspecified atom stereocenters. The number of halogens is 3. The van der Waals surface area contributed by atoms with Gasteiger partial charge in [0.2, 0.25) is 5.91 Å². The number of nitrogens with two attached hydrogens (primary N) is 1. The SMILES string of the molecule is NC(=O)c1cc(CN[C@H]2CCNC2=O)nc(-c2ccc(Oc3ccc(C(F)(F)F)cc3)cc2)n1. The first-order chi connectivity index (χ1) is 16.2. The van der Waals surface area contributed by atoms with E-state index in [0.717, 1.165) is 12.1 Å². The van der Waals surface area contributed by atoms with Crippen molar-refractivity contribution in [3.05, 3.63) is 71.5 Å². The van der Waals surface area contributed by atoms with Gasteiger partial charge in [-0.15, -0.1) is 0 Å². The third kappa shape index (κ3) is 5.49. The van der Waals surface area contributed by atoms with Crippen LogP contribution in [0.2, 0.25) is 0 Å². The molecule has 176 valence electrons. The molecule has 4 N–H and O–H groups in total. The standard InChI is InChI=1S/C23H20F3N5O3/c24-23(25,26)14-3-7-17(8-4-14)34-16-5-1-13(2-6-16)21-30-15(11-19(31-21)20(27)32)12-29-18-9-10-28-22(18)33/h1-8,11,18,29H,9-10,12H2,(H2,27,32)(H,28,33)/t18-/m0/s1. The molecule has 2 heterocycles. The predicted octanol–water partition coefficient (Wildman–Crippen LogP) is 3.03. The Morgan fingerprint density at radius 1 is 1.09 bits per heavy atom. The maximum atomic E-state index is 12.7. The van der Waals surface area contributed by atoms with Gasteiger partial charge in [-0.05, 0) is 61.0 Å². The number of nitrogens with one attached hydrogen (secondary N) is 2. The third-order valence-electron chi connectivity index (χ3n) is 5.14. The molecular formula is C23H20F3N5O3. The van der Waals surface area contributed by atoms with Crippen LogP contribution >= 0.6 is 0 Å². The molecule has 3 aromatic rings. The zero-order valence-electron chi connectivity index (χ0n) is 17.7. The van der Waals surface area contributed by atoms with Gasteiger partial charge >= 0.3 is 6.18 Å². The van der Waals surface area contributed by atoms with Crippen molar-refractivity contribution < 1.29 is 27.5 Å². The molecule has 2 aromatic carbocycles. The van der Waals surface area contributed by atoms with Crippen molar-refractivity contribution >= 4 is 11.8 Å². The van der Waals surface area contributed by atoms with Gasteiger partial charge in [-0.25, -0.2) is 9.97 Å². The van der Waals surface area contributed by atoms with Gasteiger partial charge in [0, 0.05) is 18.7 Å². The number of aromatic nitrogens is 2. The Balaban J connectivity index is 1.50. The molecule has 1 fully saturated rings. The molecule has 1 aromatic heterocycles. The molecule has 1 aliphatic heterocycles. The van der Waals surface area contributed by atoms with Crippen LogP contribution in [0.1, 0.15) is 28.2 Å². The molecule has 0 spiro atoms. The first-order valence-corrected chi connectivity index (χ1v) is 10.3. The van der Waals surface area contributed by atoms with Gasteiger partial charge in [0.05, 0.1) is 17.3 Å². The Bertz CT molecular complexity index is 1200. The van der Waals surface area contributed by atoms with Gasteiger partial charge in [0.15, 0.2) is 5.82 Å². The monoisotopic (exact) mass is 471 g/mol. The number of ether oxygens (including phenoxy) is 1. The lowest BCUT2D eigenvalue weighted by molar-refractivity contribution is -0.137. The second-order valence-electron chi connectivity index (χ2n) is 7.59. The molecule has 0 aliphatic carbocycles. The summed E-state index contributed by atoms with van der Waals surface area (Å²) in [6, 6.07) is 12.0. The van der Waals surface area contributed by atoms with Crippen LogP contribution in [-0.2, 0) is 17.5 Å². The average Bonchev–Trinajstić information content (AvgIpc) is 3.22. The maximum Gasteiger partial charge on any atom is 0.416 e. The molecule has 2 amide bonds. The minimum absolute atomic E-state index is 0.0303.